The van der Waals surface area contributed by atoms with Crippen LogP contribution in [0.5, 0.6) is 0 Å². The highest BCUT2D eigenvalue weighted by Gasteiger charge is 2.43. The number of para-hydroxylation sites is 1. The summed E-state index contributed by atoms with van der Waals surface area (Å²) >= 11 is 0. The monoisotopic (exact) mass is 406 g/mol. The van der Waals surface area contributed by atoms with Crippen molar-refractivity contribution in [3.05, 3.63) is 95.6 Å². The lowest BCUT2D eigenvalue weighted by molar-refractivity contribution is 0.0614. The fourth-order valence-corrected chi connectivity index (χ4v) is 5.65. The van der Waals surface area contributed by atoms with Gasteiger partial charge in [-0.1, -0.05) is 86.0 Å². The first-order valence-corrected chi connectivity index (χ1v) is 11.4. The molecule has 1 fully saturated rings. The van der Waals surface area contributed by atoms with Crippen LogP contribution in [-0.2, 0) is 0 Å². The molecule has 1 saturated carbocycles. The molecule has 0 unspecified atom stereocenters. The van der Waals surface area contributed by atoms with Gasteiger partial charge >= 0.3 is 0 Å². The molecule has 4 aromatic rings. The molecular weight excluding hydrogens is 380 g/mol. The van der Waals surface area contributed by atoms with Gasteiger partial charge in [0.15, 0.2) is 0 Å². The largest absolute Gasteiger partial charge is 0.354 e. The fourth-order valence-electron chi connectivity index (χ4n) is 5.65. The molecule has 1 atom stereocenters. The van der Waals surface area contributed by atoms with E-state index >= 15 is 0 Å². The number of fused-ring (bicyclic) bond motifs is 2. The summed E-state index contributed by atoms with van der Waals surface area (Å²) in [5.74, 6) is 0.191. The second-order valence-electron chi connectivity index (χ2n) is 8.82. The fraction of sp³-hybridized carbons (Fsp3) is 0.250. The minimum Gasteiger partial charge on any atom is -0.354 e. The minimum atomic E-state index is -0.0573. The molecule has 2 aliphatic rings. The van der Waals surface area contributed by atoms with Crippen molar-refractivity contribution in [1.29, 1.82) is 0 Å². The Balaban J connectivity index is 1.62. The number of nitrogens with one attached hydrogen (secondary N) is 1. The maximum Gasteiger partial charge on any atom is 0.255 e. The first-order valence-electron chi connectivity index (χ1n) is 11.4. The van der Waals surface area contributed by atoms with E-state index < -0.39 is 0 Å². The molecule has 3 nitrogen and oxygen atoms in total. The Kier molecular flexibility index (Phi) is 4.41. The molecule has 0 bridgehead atoms. The lowest BCUT2D eigenvalue weighted by Crippen LogP contribution is -2.40. The van der Waals surface area contributed by atoms with Gasteiger partial charge in [-0.15, -0.1) is 0 Å². The highest BCUT2D eigenvalue weighted by molar-refractivity contribution is 6.02. The predicted molar refractivity (Wildman–Crippen MR) is 125 cm³/mol. The van der Waals surface area contributed by atoms with Gasteiger partial charge in [-0.05, 0) is 36.1 Å². The zero-order valence-corrected chi connectivity index (χ0v) is 17.6. The third-order valence-corrected chi connectivity index (χ3v) is 7.05. The first-order chi connectivity index (χ1) is 15.3. The SMILES string of the molecule is O=C1c2ccccc2[C@@H](c2c(-c3ccccc3)[nH]c3ccccc23)N1C1CCCCC1. The molecule has 2 heterocycles. The van der Waals surface area contributed by atoms with Gasteiger partial charge in [0.2, 0.25) is 0 Å². The van der Waals surface area contributed by atoms with Crippen LogP contribution in [0.2, 0.25) is 0 Å². The van der Waals surface area contributed by atoms with Crippen LogP contribution in [0.25, 0.3) is 22.2 Å². The summed E-state index contributed by atoms with van der Waals surface area (Å²) in [6, 6.07) is 27.5. The van der Waals surface area contributed by atoms with Crippen LogP contribution in [0, 0.1) is 0 Å². The third kappa shape index (κ3) is 2.91. The summed E-state index contributed by atoms with van der Waals surface area (Å²) in [6.45, 7) is 0. The maximum absolute atomic E-state index is 13.7. The Bertz CT molecular complexity index is 1250. The van der Waals surface area contributed by atoms with Gasteiger partial charge in [-0.3, -0.25) is 4.79 Å². The van der Waals surface area contributed by atoms with Crippen LogP contribution < -0.4 is 0 Å². The molecule has 3 heteroatoms. The summed E-state index contributed by atoms with van der Waals surface area (Å²) in [6.07, 6.45) is 5.88. The second-order valence-corrected chi connectivity index (χ2v) is 8.82. The average Bonchev–Trinajstić information content (AvgIpc) is 3.35. The van der Waals surface area contributed by atoms with Gasteiger partial charge in [0, 0.05) is 28.1 Å². The molecule has 0 saturated heterocycles. The number of hydrogen-bond donors (Lipinski definition) is 1. The van der Waals surface area contributed by atoms with Crippen molar-refractivity contribution in [2.24, 2.45) is 0 Å². The topological polar surface area (TPSA) is 36.1 Å². The van der Waals surface area contributed by atoms with Crippen LogP contribution in [0.1, 0.15) is 59.6 Å². The van der Waals surface area contributed by atoms with Gasteiger partial charge in [0.05, 0.1) is 11.7 Å². The van der Waals surface area contributed by atoms with E-state index in [9.17, 15) is 4.79 Å². The van der Waals surface area contributed by atoms with E-state index in [1.807, 2.05) is 12.1 Å². The van der Waals surface area contributed by atoms with Crippen LogP contribution in [-0.4, -0.2) is 21.8 Å². The van der Waals surface area contributed by atoms with Gasteiger partial charge in [-0.2, -0.15) is 0 Å². The molecule has 0 spiro atoms. The van der Waals surface area contributed by atoms with E-state index in [0.717, 1.165) is 40.7 Å². The molecule has 1 aliphatic heterocycles. The number of nitrogens with zero attached hydrogens (tertiary/aromatic N) is 1. The third-order valence-electron chi connectivity index (χ3n) is 7.05. The highest BCUT2D eigenvalue weighted by Crippen LogP contribution is 2.47. The number of carbonyl (C=O) groups excluding carboxylic acids is 1. The molecule has 0 radical (unpaired) electrons. The first kappa shape index (κ1) is 18.4. The number of H-pyrrole nitrogens is 1. The van der Waals surface area contributed by atoms with Crippen LogP contribution in [0.4, 0.5) is 0 Å². The summed E-state index contributed by atoms with van der Waals surface area (Å²) in [5, 5.41) is 1.21. The Morgan fingerprint density at radius 3 is 2.32 bits per heavy atom. The number of aromatic nitrogens is 1. The normalized spacial score (nSPS) is 19.2. The van der Waals surface area contributed by atoms with Crippen molar-refractivity contribution in [2.45, 2.75) is 44.2 Å². The Morgan fingerprint density at radius 1 is 0.774 bits per heavy atom. The lowest BCUT2D eigenvalue weighted by atomic mass is 9.89. The smallest absolute Gasteiger partial charge is 0.255 e. The number of hydrogen-bond acceptors (Lipinski definition) is 1. The molecule has 1 aromatic heterocycles. The van der Waals surface area contributed by atoms with Crippen LogP contribution in [0.15, 0.2) is 78.9 Å². The quantitative estimate of drug-likeness (QED) is 0.403. The van der Waals surface area contributed by atoms with E-state index in [2.05, 4.69) is 76.6 Å². The van der Waals surface area contributed by atoms with E-state index in [4.69, 9.17) is 0 Å². The zero-order chi connectivity index (χ0) is 20.8. The average molecular weight is 407 g/mol. The van der Waals surface area contributed by atoms with Gasteiger partial charge in [0.1, 0.15) is 0 Å². The molecule has 1 amide bonds. The molecule has 154 valence electrons. The van der Waals surface area contributed by atoms with Crippen molar-refractivity contribution in [2.75, 3.05) is 0 Å². The van der Waals surface area contributed by atoms with Gasteiger partial charge in [-0.25, -0.2) is 0 Å². The van der Waals surface area contributed by atoms with Gasteiger partial charge in [0.25, 0.3) is 5.91 Å². The molecule has 1 N–H and O–H groups in total. The summed E-state index contributed by atoms with van der Waals surface area (Å²) in [5.41, 5.74) is 6.64. The van der Waals surface area contributed by atoms with Crippen molar-refractivity contribution >= 4 is 16.8 Å². The molecule has 31 heavy (non-hydrogen) atoms. The van der Waals surface area contributed by atoms with Crippen molar-refractivity contribution in [3.63, 3.8) is 0 Å². The number of amides is 1. The highest BCUT2D eigenvalue weighted by atomic mass is 16.2. The number of rotatable bonds is 3. The lowest BCUT2D eigenvalue weighted by Gasteiger charge is -2.36. The maximum atomic E-state index is 13.7. The van der Waals surface area contributed by atoms with Crippen LogP contribution >= 0.6 is 0 Å². The summed E-state index contributed by atoms with van der Waals surface area (Å²) < 4.78 is 0. The second kappa shape index (κ2) is 7.42. The Morgan fingerprint density at radius 2 is 1.48 bits per heavy atom. The zero-order valence-electron chi connectivity index (χ0n) is 17.6. The standard InChI is InChI=1S/C28H26N2O/c31-28-22-16-8-7-15-21(22)27(30(28)20-13-5-2-6-14-20)25-23-17-9-10-18-24(23)29-26(25)19-11-3-1-4-12-19/h1,3-4,7-12,15-18,20,27,29H,2,5-6,13-14H2/t27-/m0/s1. The van der Waals surface area contributed by atoms with Crippen molar-refractivity contribution in [3.8, 4) is 11.3 Å². The molecule has 1 aliphatic carbocycles. The number of aromatic amines is 1. The van der Waals surface area contributed by atoms with E-state index in [-0.39, 0.29) is 11.9 Å². The summed E-state index contributed by atoms with van der Waals surface area (Å²) in [7, 11) is 0. The van der Waals surface area contributed by atoms with E-state index in [1.54, 1.807) is 0 Å². The Hall–Kier alpha value is -3.33. The number of benzene rings is 3. The molecule has 3 aromatic carbocycles. The van der Waals surface area contributed by atoms with Crippen molar-refractivity contribution < 1.29 is 4.79 Å². The van der Waals surface area contributed by atoms with Gasteiger partial charge < -0.3 is 9.88 Å². The number of carbonyl (C=O) groups is 1. The molecular formula is C28H26N2O. The summed E-state index contributed by atoms with van der Waals surface area (Å²) in [4.78, 5) is 19.6. The van der Waals surface area contributed by atoms with Crippen molar-refractivity contribution in [1.82, 2.24) is 9.88 Å². The molecule has 6 rings (SSSR count). The predicted octanol–water partition coefficient (Wildman–Crippen LogP) is 6.71. The van der Waals surface area contributed by atoms with Crippen LogP contribution in [0.3, 0.4) is 0 Å². The van der Waals surface area contributed by atoms with E-state index in [0.29, 0.717) is 6.04 Å². The van der Waals surface area contributed by atoms with E-state index in [1.165, 1.54) is 30.2 Å². The minimum absolute atomic E-state index is 0.0573. The Labute approximate surface area is 182 Å².